The summed E-state index contributed by atoms with van der Waals surface area (Å²) in [4.78, 5) is 9.99. The number of anilines is 1. The molecule has 3 aromatic rings. The minimum absolute atomic E-state index is 0.393. The number of rotatable bonds is 2. The van der Waals surface area contributed by atoms with Gasteiger partial charge in [0.15, 0.2) is 5.82 Å². The summed E-state index contributed by atoms with van der Waals surface area (Å²) in [7, 11) is 0. The lowest BCUT2D eigenvalue weighted by Gasteiger charge is -2.07. The summed E-state index contributed by atoms with van der Waals surface area (Å²) in [5.41, 5.74) is 7.87. The highest BCUT2D eigenvalue weighted by Crippen LogP contribution is 2.33. The molecule has 20 heavy (non-hydrogen) atoms. The van der Waals surface area contributed by atoms with Gasteiger partial charge in [-0.2, -0.15) is 0 Å². The van der Waals surface area contributed by atoms with Crippen molar-refractivity contribution in [2.45, 2.75) is 13.3 Å². The molecule has 6 heteroatoms. The average Bonchev–Trinajstić information content (AvgIpc) is 2.88. The number of nitrogens with zero attached hydrogens (tertiary/aromatic N) is 2. The molecule has 0 spiro atoms. The third kappa shape index (κ3) is 2.24. The van der Waals surface area contributed by atoms with E-state index in [2.05, 4.69) is 23.0 Å². The largest absolute Gasteiger partial charge is 0.383 e. The van der Waals surface area contributed by atoms with E-state index in [0.29, 0.717) is 32.6 Å². The van der Waals surface area contributed by atoms with Crippen LogP contribution in [0.5, 0.6) is 0 Å². The molecule has 0 aliphatic rings. The minimum Gasteiger partial charge on any atom is -0.383 e. The molecule has 0 atom stereocenters. The molecule has 3 rings (SSSR count). The maximum absolute atomic E-state index is 6.21. The average molecular weight is 324 g/mol. The molecule has 0 unspecified atom stereocenters. The first kappa shape index (κ1) is 13.6. The molecule has 102 valence electrons. The summed E-state index contributed by atoms with van der Waals surface area (Å²) < 4.78 is 0. The van der Waals surface area contributed by atoms with E-state index in [1.807, 2.05) is 5.38 Å². The molecule has 0 bridgehead atoms. The van der Waals surface area contributed by atoms with E-state index in [1.54, 1.807) is 23.5 Å². The second-order valence-corrected chi connectivity index (χ2v) is 6.10. The van der Waals surface area contributed by atoms with Crippen molar-refractivity contribution >= 4 is 51.3 Å². The monoisotopic (exact) mass is 323 g/mol. The van der Waals surface area contributed by atoms with Gasteiger partial charge >= 0.3 is 0 Å². The third-order valence-corrected chi connectivity index (χ3v) is 4.54. The van der Waals surface area contributed by atoms with Gasteiger partial charge < -0.3 is 5.73 Å². The molecular formula is C14H11Cl2N3S. The van der Waals surface area contributed by atoms with Crippen molar-refractivity contribution in [2.75, 3.05) is 5.73 Å². The minimum atomic E-state index is 0.393. The predicted octanol–water partition coefficient (Wildman–Crippen LogP) is 4.81. The summed E-state index contributed by atoms with van der Waals surface area (Å²) in [6.45, 7) is 2.10. The molecule has 0 saturated heterocycles. The summed E-state index contributed by atoms with van der Waals surface area (Å²) >= 11 is 13.8. The number of fused-ring (bicyclic) bond motifs is 1. The summed E-state index contributed by atoms with van der Waals surface area (Å²) in [5, 5.41) is 3.72. The summed E-state index contributed by atoms with van der Waals surface area (Å²) in [6, 6.07) is 5.47. The fourth-order valence-corrected chi connectivity index (χ4v) is 3.56. The van der Waals surface area contributed by atoms with Crippen LogP contribution in [0.3, 0.4) is 0 Å². The van der Waals surface area contributed by atoms with Crippen LogP contribution in [0.25, 0.3) is 21.6 Å². The van der Waals surface area contributed by atoms with E-state index in [4.69, 9.17) is 28.9 Å². The molecule has 0 aliphatic heterocycles. The van der Waals surface area contributed by atoms with Crippen LogP contribution in [-0.4, -0.2) is 9.97 Å². The number of aromatic nitrogens is 2. The second-order valence-electron chi connectivity index (χ2n) is 4.34. The van der Waals surface area contributed by atoms with Crippen LogP contribution in [0.1, 0.15) is 12.5 Å². The van der Waals surface area contributed by atoms with Gasteiger partial charge in [0.25, 0.3) is 0 Å². The standard InChI is InChI=1S/C14H11Cl2N3S/c1-2-7-3-4-20-12(7)14-18-11-9(13(17)19-14)5-8(15)6-10(11)16/h3-6H,2H2,1H3,(H2,17,18,19). The van der Waals surface area contributed by atoms with Gasteiger partial charge in [-0.15, -0.1) is 11.3 Å². The lowest BCUT2D eigenvalue weighted by Crippen LogP contribution is -1.98. The SMILES string of the molecule is CCc1ccsc1-c1nc(N)c2cc(Cl)cc(Cl)c2n1. The normalized spacial score (nSPS) is 11.2. The maximum Gasteiger partial charge on any atom is 0.172 e. The highest BCUT2D eigenvalue weighted by Gasteiger charge is 2.14. The first-order valence-electron chi connectivity index (χ1n) is 6.09. The molecule has 0 aliphatic carbocycles. The Morgan fingerprint density at radius 3 is 2.80 bits per heavy atom. The highest BCUT2D eigenvalue weighted by atomic mass is 35.5. The van der Waals surface area contributed by atoms with Crippen LogP contribution in [-0.2, 0) is 6.42 Å². The number of thiophene rings is 1. The molecule has 2 aromatic heterocycles. The number of halogens is 2. The molecule has 2 N–H and O–H groups in total. The van der Waals surface area contributed by atoms with Gasteiger partial charge in [-0.1, -0.05) is 30.1 Å². The third-order valence-electron chi connectivity index (χ3n) is 3.08. The Bertz CT molecular complexity index is 798. The van der Waals surface area contributed by atoms with Crippen molar-refractivity contribution < 1.29 is 0 Å². The van der Waals surface area contributed by atoms with Gasteiger partial charge in [-0.25, -0.2) is 9.97 Å². The number of aryl methyl sites for hydroxylation is 1. The Balaban J connectivity index is 2.30. The molecule has 0 saturated carbocycles. The number of hydrogen-bond acceptors (Lipinski definition) is 4. The summed E-state index contributed by atoms with van der Waals surface area (Å²) in [5.74, 6) is 1.01. The molecule has 0 radical (unpaired) electrons. The van der Waals surface area contributed by atoms with E-state index >= 15 is 0 Å². The number of benzene rings is 1. The molecule has 0 amide bonds. The zero-order valence-corrected chi connectivity index (χ0v) is 13.0. The first-order valence-corrected chi connectivity index (χ1v) is 7.72. The van der Waals surface area contributed by atoms with E-state index < -0.39 is 0 Å². The van der Waals surface area contributed by atoms with Gasteiger partial charge in [0, 0.05) is 10.4 Å². The van der Waals surface area contributed by atoms with Crippen LogP contribution in [0.4, 0.5) is 5.82 Å². The molecule has 0 fully saturated rings. The number of nitrogen functional groups attached to an aromatic ring is 1. The van der Waals surface area contributed by atoms with Gasteiger partial charge in [-0.3, -0.25) is 0 Å². The van der Waals surface area contributed by atoms with E-state index in [9.17, 15) is 0 Å². The topological polar surface area (TPSA) is 51.8 Å². The van der Waals surface area contributed by atoms with Gasteiger partial charge in [-0.05, 0) is 35.6 Å². The predicted molar refractivity (Wildman–Crippen MR) is 86.7 cm³/mol. The molecule has 2 heterocycles. The van der Waals surface area contributed by atoms with Crippen molar-refractivity contribution in [1.82, 2.24) is 9.97 Å². The Hall–Kier alpha value is -1.36. The van der Waals surface area contributed by atoms with Gasteiger partial charge in [0.05, 0.1) is 15.4 Å². The Kier molecular flexibility index (Phi) is 3.54. The van der Waals surface area contributed by atoms with Crippen LogP contribution in [0, 0.1) is 0 Å². The van der Waals surface area contributed by atoms with E-state index in [-0.39, 0.29) is 0 Å². The molecule has 1 aromatic carbocycles. The van der Waals surface area contributed by atoms with Crippen molar-refractivity contribution in [2.24, 2.45) is 0 Å². The zero-order valence-electron chi connectivity index (χ0n) is 10.7. The smallest absolute Gasteiger partial charge is 0.172 e. The molecule has 3 nitrogen and oxygen atoms in total. The van der Waals surface area contributed by atoms with Crippen LogP contribution in [0.2, 0.25) is 10.0 Å². The molecular weight excluding hydrogens is 313 g/mol. The lowest BCUT2D eigenvalue weighted by molar-refractivity contribution is 1.14. The van der Waals surface area contributed by atoms with Crippen LogP contribution >= 0.6 is 34.5 Å². The van der Waals surface area contributed by atoms with Crippen molar-refractivity contribution in [3.8, 4) is 10.7 Å². The Morgan fingerprint density at radius 2 is 2.05 bits per heavy atom. The van der Waals surface area contributed by atoms with Crippen molar-refractivity contribution in [3.63, 3.8) is 0 Å². The maximum atomic E-state index is 6.21. The quantitative estimate of drug-likeness (QED) is 0.736. The number of hydrogen-bond donors (Lipinski definition) is 1. The Labute approximate surface area is 130 Å². The van der Waals surface area contributed by atoms with Crippen LogP contribution < -0.4 is 5.73 Å². The lowest BCUT2D eigenvalue weighted by atomic mass is 10.2. The van der Waals surface area contributed by atoms with E-state index in [0.717, 1.165) is 11.3 Å². The van der Waals surface area contributed by atoms with Crippen molar-refractivity contribution in [3.05, 3.63) is 39.2 Å². The fourth-order valence-electron chi connectivity index (χ4n) is 2.09. The van der Waals surface area contributed by atoms with Crippen molar-refractivity contribution in [1.29, 1.82) is 0 Å². The Morgan fingerprint density at radius 1 is 1.25 bits per heavy atom. The zero-order chi connectivity index (χ0) is 14.3. The number of nitrogens with two attached hydrogens (primary N) is 1. The van der Waals surface area contributed by atoms with Gasteiger partial charge in [0.1, 0.15) is 5.82 Å². The van der Waals surface area contributed by atoms with Crippen LogP contribution in [0.15, 0.2) is 23.6 Å². The van der Waals surface area contributed by atoms with Gasteiger partial charge in [0.2, 0.25) is 0 Å². The van der Waals surface area contributed by atoms with E-state index in [1.165, 1.54) is 5.56 Å². The summed E-state index contributed by atoms with van der Waals surface area (Å²) in [6.07, 6.45) is 0.925. The second kappa shape index (κ2) is 5.20. The fraction of sp³-hybridized carbons (Fsp3) is 0.143. The first-order chi connectivity index (χ1) is 9.60. The highest BCUT2D eigenvalue weighted by molar-refractivity contribution is 7.13.